The standard InChI is InChI=1S/C5H11NO4S/c1-4(7)5(8)3-6-11(2,9)10/h6-8H,3H2,1-2H3/b5-4-. The highest BCUT2D eigenvalue weighted by Crippen LogP contribution is 1.93. The number of sulfonamides is 1. The SMILES string of the molecule is C/C(O)=C(/O)CNS(C)(=O)=O. The summed E-state index contributed by atoms with van der Waals surface area (Å²) < 4.78 is 22.9. The number of hydrogen-bond donors (Lipinski definition) is 3. The van der Waals surface area contributed by atoms with Gasteiger partial charge in [-0.05, 0) is 6.92 Å². The van der Waals surface area contributed by atoms with Gasteiger partial charge in [0.15, 0.2) is 0 Å². The number of aliphatic hydroxyl groups excluding tert-OH is 2. The van der Waals surface area contributed by atoms with Crippen molar-refractivity contribution in [2.24, 2.45) is 0 Å². The molecular weight excluding hydrogens is 170 g/mol. The minimum absolute atomic E-state index is 0.277. The van der Waals surface area contributed by atoms with Crippen molar-refractivity contribution in [3.05, 3.63) is 11.5 Å². The Balaban J connectivity index is 4.03. The van der Waals surface area contributed by atoms with E-state index >= 15 is 0 Å². The molecule has 5 nitrogen and oxygen atoms in total. The van der Waals surface area contributed by atoms with E-state index in [0.717, 1.165) is 6.26 Å². The van der Waals surface area contributed by atoms with Crippen LogP contribution in [0.25, 0.3) is 0 Å². The highest BCUT2D eigenvalue weighted by molar-refractivity contribution is 7.88. The van der Waals surface area contributed by atoms with E-state index < -0.39 is 10.0 Å². The van der Waals surface area contributed by atoms with Gasteiger partial charge in [0.25, 0.3) is 0 Å². The van der Waals surface area contributed by atoms with E-state index in [1.807, 2.05) is 4.72 Å². The van der Waals surface area contributed by atoms with E-state index in [9.17, 15) is 8.42 Å². The molecule has 0 radical (unpaired) electrons. The van der Waals surface area contributed by atoms with Crippen molar-refractivity contribution in [3.8, 4) is 0 Å². The molecule has 11 heavy (non-hydrogen) atoms. The van der Waals surface area contributed by atoms with Gasteiger partial charge in [-0.15, -0.1) is 0 Å². The molecule has 0 aliphatic carbocycles. The second-order valence-electron chi connectivity index (χ2n) is 2.13. The lowest BCUT2D eigenvalue weighted by Crippen LogP contribution is -2.24. The van der Waals surface area contributed by atoms with Crippen LogP contribution in [0, 0.1) is 0 Å². The Bertz CT molecular complexity index is 250. The molecule has 0 atom stereocenters. The fraction of sp³-hybridized carbons (Fsp3) is 0.600. The van der Waals surface area contributed by atoms with Crippen LogP contribution in [-0.4, -0.2) is 31.4 Å². The van der Waals surface area contributed by atoms with E-state index in [1.54, 1.807) is 0 Å². The van der Waals surface area contributed by atoms with Crippen LogP contribution in [0.15, 0.2) is 11.5 Å². The van der Waals surface area contributed by atoms with E-state index in [1.165, 1.54) is 6.92 Å². The monoisotopic (exact) mass is 181 g/mol. The molecule has 0 amide bonds. The molecule has 0 aromatic rings. The fourth-order valence-corrected chi connectivity index (χ4v) is 0.726. The molecule has 0 saturated carbocycles. The molecule has 0 spiro atoms. The first-order valence-corrected chi connectivity index (χ1v) is 4.74. The lowest BCUT2D eigenvalue weighted by Gasteiger charge is -2.01. The summed E-state index contributed by atoms with van der Waals surface area (Å²) in [7, 11) is -3.31. The summed E-state index contributed by atoms with van der Waals surface area (Å²) >= 11 is 0. The van der Waals surface area contributed by atoms with Gasteiger partial charge < -0.3 is 10.2 Å². The molecular formula is C5H11NO4S. The predicted octanol–water partition coefficient (Wildman–Crippen LogP) is -0.117. The normalized spacial score (nSPS) is 14.4. The van der Waals surface area contributed by atoms with E-state index in [-0.39, 0.29) is 18.1 Å². The largest absolute Gasteiger partial charge is 0.509 e. The van der Waals surface area contributed by atoms with Crippen LogP contribution in [0.2, 0.25) is 0 Å². The van der Waals surface area contributed by atoms with Crippen molar-refractivity contribution in [2.45, 2.75) is 6.92 Å². The van der Waals surface area contributed by atoms with Crippen LogP contribution in [0.1, 0.15) is 6.92 Å². The van der Waals surface area contributed by atoms with Gasteiger partial charge in [0.2, 0.25) is 10.0 Å². The molecule has 0 aromatic carbocycles. The van der Waals surface area contributed by atoms with Gasteiger partial charge in [-0.1, -0.05) is 0 Å². The third kappa shape index (κ3) is 5.68. The van der Waals surface area contributed by atoms with Gasteiger partial charge in [0, 0.05) is 0 Å². The fourth-order valence-electron chi connectivity index (χ4n) is 0.327. The quantitative estimate of drug-likeness (QED) is 0.530. The average molecular weight is 181 g/mol. The van der Waals surface area contributed by atoms with Crippen LogP contribution in [0.4, 0.5) is 0 Å². The van der Waals surface area contributed by atoms with Crippen LogP contribution < -0.4 is 4.72 Å². The summed E-state index contributed by atoms with van der Waals surface area (Å²) in [6, 6.07) is 0. The van der Waals surface area contributed by atoms with E-state index in [2.05, 4.69) is 0 Å². The second-order valence-corrected chi connectivity index (χ2v) is 3.96. The predicted molar refractivity (Wildman–Crippen MR) is 40.8 cm³/mol. The summed E-state index contributed by atoms with van der Waals surface area (Å²) in [5.41, 5.74) is 0. The highest BCUT2D eigenvalue weighted by Gasteiger charge is 2.03. The molecule has 0 bridgehead atoms. The van der Waals surface area contributed by atoms with Crippen molar-refractivity contribution in [1.82, 2.24) is 4.72 Å². The van der Waals surface area contributed by atoms with Crippen LogP contribution in [0.5, 0.6) is 0 Å². The number of aliphatic hydroxyl groups is 2. The first-order chi connectivity index (χ1) is 4.83. The van der Waals surface area contributed by atoms with E-state index in [0.29, 0.717) is 0 Å². The van der Waals surface area contributed by atoms with Crippen LogP contribution >= 0.6 is 0 Å². The van der Waals surface area contributed by atoms with Crippen molar-refractivity contribution in [2.75, 3.05) is 12.8 Å². The lowest BCUT2D eigenvalue weighted by molar-refractivity contribution is 0.319. The molecule has 3 N–H and O–H groups in total. The first kappa shape index (κ1) is 10.2. The number of allylic oxidation sites excluding steroid dienone is 1. The maximum atomic E-state index is 10.4. The molecule has 6 heteroatoms. The Morgan fingerprint density at radius 3 is 2.18 bits per heavy atom. The van der Waals surface area contributed by atoms with Crippen molar-refractivity contribution >= 4 is 10.0 Å². The summed E-state index contributed by atoms with van der Waals surface area (Å²) in [5, 5.41) is 17.4. The molecule has 0 unspecified atom stereocenters. The molecule has 66 valence electrons. The number of rotatable bonds is 3. The topological polar surface area (TPSA) is 86.6 Å². The number of nitrogens with one attached hydrogen (secondary N) is 1. The Labute approximate surface area is 65.4 Å². The zero-order valence-corrected chi connectivity index (χ0v) is 7.14. The Morgan fingerprint density at radius 2 is 1.91 bits per heavy atom. The molecule has 0 fully saturated rings. The third-order valence-electron chi connectivity index (χ3n) is 0.919. The molecule has 0 heterocycles. The molecule has 0 aromatic heterocycles. The average Bonchev–Trinajstić information content (AvgIpc) is 1.80. The summed E-state index contributed by atoms with van der Waals surface area (Å²) in [5.74, 6) is -0.670. The zero-order valence-electron chi connectivity index (χ0n) is 6.33. The van der Waals surface area contributed by atoms with Gasteiger partial charge in [-0.3, -0.25) is 0 Å². The molecule has 0 aliphatic heterocycles. The molecule has 0 rings (SSSR count). The van der Waals surface area contributed by atoms with Crippen molar-refractivity contribution in [1.29, 1.82) is 0 Å². The highest BCUT2D eigenvalue weighted by atomic mass is 32.2. The summed E-state index contributed by atoms with van der Waals surface area (Å²) in [6.45, 7) is 0.987. The van der Waals surface area contributed by atoms with Crippen LogP contribution in [-0.2, 0) is 10.0 Å². The smallest absolute Gasteiger partial charge is 0.209 e. The minimum Gasteiger partial charge on any atom is -0.509 e. The molecule has 0 saturated heterocycles. The lowest BCUT2D eigenvalue weighted by atomic mass is 10.4. The van der Waals surface area contributed by atoms with Crippen LogP contribution in [0.3, 0.4) is 0 Å². The van der Waals surface area contributed by atoms with E-state index in [4.69, 9.17) is 10.2 Å². The second kappa shape index (κ2) is 3.59. The van der Waals surface area contributed by atoms with Gasteiger partial charge >= 0.3 is 0 Å². The minimum atomic E-state index is -3.31. The van der Waals surface area contributed by atoms with Crippen molar-refractivity contribution < 1.29 is 18.6 Å². The van der Waals surface area contributed by atoms with Gasteiger partial charge in [0.1, 0.15) is 11.5 Å². The third-order valence-corrected chi connectivity index (χ3v) is 1.59. The van der Waals surface area contributed by atoms with Gasteiger partial charge in [0.05, 0.1) is 12.8 Å². The molecule has 0 aliphatic rings. The first-order valence-electron chi connectivity index (χ1n) is 2.85. The Hall–Kier alpha value is -0.750. The summed E-state index contributed by atoms with van der Waals surface area (Å²) in [4.78, 5) is 0. The van der Waals surface area contributed by atoms with Crippen molar-refractivity contribution in [3.63, 3.8) is 0 Å². The zero-order chi connectivity index (χ0) is 9.07. The Morgan fingerprint density at radius 1 is 1.45 bits per heavy atom. The maximum Gasteiger partial charge on any atom is 0.209 e. The maximum absolute atomic E-state index is 10.4. The van der Waals surface area contributed by atoms with Gasteiger partial charge in [-0.25, -0.2) is 13.1 Å². The Kier molecular flexibility index (Phi) is 3.34. The summed E-state index contributed by atoms with van der Waals surface area (Å²) in [6.07, 6.45) is 0.965. The van der Waals surface area contributed by atoms with Gasteiger partial charge in [-0.2, -0.15) is 0 Å². The number of hydrogen-bond acceptors (Lipinski definition) is 4.